The van der Waals surface area contributed by atoms with E-state index in [1.807, 2.05) is 4.90 Å². The first-order valence-electron chi connectivity index (χ1n) is 6.27. The van der Waals surface area contributed by atoms with Crippen molar-refractivity contribution in [1.82, 2.24) is 10.2 Å². The normalized spacial score (nSPS) is 19.1. The molecule has 1 fully saturated rings. The first kappa shape index (κ1) is 14.1. The van der Waals surface area contributed by atoms with Crippen LogP contribution in [0.25, 0.3) is 0 Å². The van der Waals surface area contributed by atoms with Gasteiger partial charge in [-0.1, -0.05) is 24.3 Å². The van der Waals surface area contributed by atoms with Gasteiger partial charge < -0.3 is 5.32 Å². The van der Waals surface area contributed by atoms with Crippen molar-refractivity contribution in [1.29, 1.82) is 0 Å². The van der Waals surface area contributed by atoms with Crippen molar-refractivity contribution in [3.8, 4) is 0 Å². The molecule has 2 rings (SSSR count). The van der Waals surface area contributed by atoms with Crippen LogP contribution in [0, 0.1) is 0 Å². The van der Waals surface area contributed by atoms with Crippen LogP contribution in [0.3, 0.4) is 0 Å². The Labute approximate surface area is 110 Å². The molecule has 1 aromatic rings. The second kappa shape index (κ2) is 5.75. The summed E-state index contributed by atoms with van der Waals surface area (Å²) in [5, 5.41) is 3.19. The van der Waals surface area contributed by atoms with Crippen LogP contribution in [0.15, 0.2) is 36.9 Å². The van der Waals surface area contributed by atoms with Crippen molar-refractivity contribution in [2.24, 2.45) is 0 Å². The maximum Gasteiger partial charge on any atom is 0.416 e. The van der Waals surface area contributed by atoms with E-state index >= 15 is 0 Å². The molecule has 0 bridgehead atoms. The highest BCUT2D eigenvalue weighted by Gasteiger charge is 2.35. The third-order valence-electron chi connectivity index (χ3n) is 3.35. The van der Waals surface area contributed by atoms with Gasteiger partial charge in [0.1, 0.15) is 0 Å². The Hall–Kier alpha value is -1.33. The fourth-order valence-corrected chi connectivity index (χ4v) is 2.45. The van der Waals surface area contributed by atoms with Gasteiger partial charge in [-0.25, -0.2) is 0 Å². The van der Waals surface area contributed by atoms with Gasteiger partial charge in [0.25, 0.3) is 0 Å². The van der Waals surface area contributed by atoms with Crippen LogP contribution in [0.4, 0.5) is 13.2 Å². The Balaban J connectivity index is 2.35. The number of halogens is 3. The summed E-state index contributed by atoms with van der Waals surface area (Å²) in [6.07, 6.45) is -2.73. The second-order valence-corrected chi connectivity index (χ2v) is 4.55. The van der Waals surface area contributed by atoms with E-state index in [-0.39, 0.29) is 11.6 Å². The summed E-state index contributed by atoms with van der Waals surface area (Å²) in [6.45, 7) is 6.74. The summed E-state index contributed by atoms with van der Waals surface area (Å²) in [7, 11) is 0. The predicted octanol–water partition coefficient (Wildman–Crippen LogP) is 2.84. The van der Waals surface area contributed by atoms with Gasteiger partial charge in [0.2, 0.25) is 0 Å². The van der Waals surface area contributed by atoms with Crippen LogP contribution in [-0.2, 0) is 6.18 Å². The molecule has 0 aromatic heterocycles. The lowest BCUT2D eigenvalue weighted by Gasteiger charge is -2.34. The highest BCUT2D eigenvalue weighted by atomic mass is 19.4. The average molecular weight is 270 g/mol. The minimum Gasteiger partial charge on any atom is -0.314 e. The van der Waals surface area contributed by atoms with Crippen LogP contribution >= 0.6 is 0 Å². The molecule has 0 radical (unpaired) electrons. The van der Waals surface area contributed by atoms with Crippen molar-refractivity contribution < 1.29 is 13.2 Å². The molecule has 2 nitrogen and oxygen atoms in total. The molecular formula is C14H17F3N2. The van der Waals surface area contributed by atoms with Crippen molar-refractivity contribution in [3.63, 3.8) is 0 Å². The van der Waals surface area contributed by atoms with Gasteiger partial charge in [0.15, 0.2) is 0 Å². The smallest absolute Gasteiger partial charge is 0.314 e. The molecule has 104 valence electrons. The van der Waals surface area contributed by atoms with E-state index in [1.165, 1.54) is 12.1 Å². The molecule has 1 N–H and O–H groups in total. The average Bonchev–Trinajstić information content (AvgIpc) is 2.40. The molecule has 5 heteroatoms. The zero-order valence-corrected chi connectivity index (χ0v) is 10.6. The van der Waals surface area contributed by atoms with E-state index < -0.39 is 11.7 Å². The molecule has 1 aliphatic rings. The summed E-state index contributed by atoms with van der Waals surface area (Å²) < 4.78 is 39.1. The third-order valence-corrected chi connectivity index (χ3v) is 3.35. The van der Waals surface area contributed by atoms with Crippen molar-refractivity contribution >= 4 is 0 Å². The summed E-state index contributed by atoms with van der Waals surface area (Å²) in [4.78, 5) is 2.02. The second-order valence-electron chi connectivity index (χ2n) is 4.55. The van der Waals surface area contributed by atoms with Gasteiger partial charge >= 0.3 is 6.18 Å². The molecular weight excluding hydrogens is 253 g/mol. The number of benzene rings is 1. The molecule has 19 heavy (non-hydrogen) atoms. The zero-order chi connectivity index (χ0) is 13.9. The van der Waals surface area contributed by atoms with Crippen LogP contribution in [0.5, 0.6) is 0 Å². The molecule has 0 aliphatic carbocycles. The molecule has 0 amide bonds. The monoisotopic (exact) mass is 270 g/mol. The molecule has 0 spiro atoms. The Morgan fingerprint density at radius 1 is 1.21 bits per heavy atom. The zero-order valence-electron chi connectivity index (χ0n) is 10.6. The standard InChI is InChI=1S/C14H17F3N2/c1-2-13(19-9-7-18-8-10-19)11-5-3-4-6-12(11)14(15,16)17/h2-6,13,18H,1,7-10H2/t13-/m0/s1. The topological polar surface area (TPSA) is 15.3 Å². The summed E-state index contributed by atoms with van der Waals surface area (Å²) >= 11 is 0. The van der Waals surface area contributed by atoms with Gasteiger partial charge in [-0.15, -0.1) is 6.58 Å². The summed E-state index contributed by atoms with van der Waals surface area (Å²) in [6, 6.07) is 5.35. The van der Waals surface area contributed by atoms with Gasteiger partial charge in [-0.05, 0) is 11.6 Å². The minimum atomic E-state index is -4.33. The molecule has 1 atom stereocenters. The number of rotatable bonds is 3. The van der Waals surface area contributed by atoms with Crippen LogP contribution in [-0.4, -0.2) is 31.1 Å². The Morgan fingerprint density at radius 3 is 2.42 bits per heavy atom. The van der Waals surface area contributed by atoms with Gasteiger partial charge in [0.05, 0.1) is 11.6 Å². The Kier molecular flexibility index (Phi) is 4.27. The quantitative estimate of drug-likeness (QED) is 0.850. The first-order valence-corrected chi connectivity index (χ1v) is 6.27. The van der Waals surface area contributed by atoms with Crippen LogP contribution in [0.1, 0.15) is 17.2 Å². The molecule has 1 heterocycles. The molecule has 0 saturated carbocycles. The summed E-state index contributed by atoms with van der Waals surface area (Å²) in [5.41, 5.74) is -0.287. The Bertz CT molecular complexity index is 437. The summed E-state index contributed by atoms with van der Waals surface area (Å²) in [5.74, 6) is 0. The number of alkyl halides is 3. The number of hydrogen-bond acceptors (Lipinski definition) is 2. The van der Waals surface area contributed by atoms with E-state index in [1.54, 1.807) is 12.1 Å². The third kappa shape index (κ3) is 3.16. The lowest BCUT2D eigenvalue weighted by Crippen LogP contribution is -2.45. The highest BCUT2D eigenvalue weighted by Crippen LogP contribution is 2.36. The lowest BCUT2D eigenvalue weighted by atomic mass is 9.98. The largest absolute Gasteiger partial charge is 0.416 e. The molecule has 0 unspecified atom stereocenters. The fraction of sp³-hybridized carbons (Fsp3) is 0.429. The fourth-order valence-electron chi connectivity index (χ4n) is 2.45. The van der Waals surface area contributed by atoms with E-state index in [9.17, 15) is 13.2 Å². The molecule has 1 aromatic carbocycles. The van der Waals surface area contributed by atoms with E-state index in [2.05, 4.69) is 11.9 Å². The van der Waals surface area contributed by atoms with Crippen LogP contribution in [0.2, 0.25) is 0 Å². The predicted molar refractivity (Wildman–Crippen MR) is 68.8 cm³/mol. The lowest BCUT2D eigenvalue weighted by molar-refractivity contribution is -0.138. The molecule has 1 saturated heterocycles. The van der Waals surface area contributed by atoms with E-state index in [4.69, 9.17) is 0 Å². The minimum absolute atomic E-state index is 0.284. The highest BCUT2D eigenvalue weighted by molar-refractivity contribution is 5.34. The first-order chi connectivity index (χ1) is 9.04. The van der Waals surface area contributed by atoms with Gasteiger partial charge in [0, 0.05) is 26.2 Å². The van der Waals surface area contributed by atoms with E-state index in [0.717, 1.165) is 32.2 Å². The molecule has 1 aliphatic heterocycles. The number of hydrogen-bond donors (Lipinski definition) is 1. The number of piperazine rings is 1. The number of nitrogens with zero attached hydrogens (tertiary/aromatic N) is 1. The SMILES string of the molecule is C=C[C@@H](c1ccccc1C(F)(F)F)N1CCNCC1. The van der Waals surface area contributed by atoms with Crippen molar-refractivity contribution in [2.75, 3.05) is 26.2 Å². The van der Waals surface area contributed by atoms with Gasteiger partial charge in [-0.3, -0.25) is 4.90 Å². The van der Waals surface area contributed by atoms with Crippen LogP contribution < -0.4 is 5.32 Å². The van der Waals surface area contributed by atoms with Gasteiger partial charge in [-0.2, -0.15) is 13.2 Å². The Morgan fingerprint density at radius 2 is 1.84 bits per heavy atom. The van der Waals surface area contributed by atoms with Crippen molar-refractivity contribution in [2.45, 2.75) is 12.2 Å². The maximum atomic E-state index is 13.0. The van der Waals surface area contributed by atoms with E-state index in [0.29, 0.717) is 0 Å². The van der Waals surface area contributed by atoms with Crippen molar-refractivity contribution in [3.05, 3.63) is 48.0 Å². The maximum absolute atomic E-state index is 13.0. The number of nitrogens with one attached hydrogen (secondary N) is 1.